The second-order valence-electron chi connectivity index (χ2n) is 6.86. The second-order valence-corrected chi connectivity index (χ2v) is 6.86. The van der Waals surface area contributed by atoms with Crippen LogP contribution in [0.1, 0.15) is 42.4 Å². The van der Waals surface area contributed by atoms with Crippen LogP contribution >= 0.6 is 0 Å². The van der Waals surface area contributed by atoms with Crippen molar-refractivity contribution in [2.24, 2.45) is 0 Å². The Kier molecular flexibility index (Phi) is 3.68. The summed E-state index contributed by atoms with van der Waals surface area (Å²) in [5.41, 5.74) is 3.76. The Bertz CT molecular complexity index is 872. The van der Waals surface area contributed by atoms with Gasteiger partial charge >= 0.3 is 0 Å². The number of benzene rings is 1. The van der Waals surface area contributed by atoms with Crippen LogP contribution in [0.2, 0.25) is 0 Å². The molecule has 0 saturated heterocycles. The van der Waals surface area contributed by atoms with Crippen LogP contribution < -0.4 is 5.32 Å². The Balaban J connectivity index is 1.91. The number of nitrogens with zero attached hydrogens (tertiary/aromatic N) is 1. The highest BCUT2D eigenvalue weighted by molar-refractivity contribution is 6.05. The summed E-state index contributed by atoms with van der Waals surface area (Å²) in [6.07, 6.45) is 1.67. The quantitative estimate of drug-likeness (QED) is 0.736. The smallest absolute Gasteiger partial charge is 0.273 e. The lowest BCUT2D eigenvalue weighted by Gasteiger charge is -2.18. The van der Waals surface area contributed by atoms with Crippen molar-refractivity contribution in [3.05, 3.63) is 59.4 Å². The summed E-state index contributed by atoms with van der Waals surface area (Å²) in [4.78, 5) is 19.8. The predicted octanol–water partition coefficient (Wildman–Crippen LogP) is 4.42. The lowest BCUT2D eigenvalue weighted by Crippen LogP contribution is -2.14. The fourth-order valence-electron chi connectivity index (χ4n) is 2.51. The van der Waals surface area contributed by atoms with Crippen LogP contribution in [0.3, 0.4) is 0 Å². The summed E-state index contributed by atoms with van der Waals surface area (Å²) in [6.45, 7) is 8.45. The fraction of sp³-hybridized carbons (Fsp3) is 0.263. The maximum Gasteiger partial charge on any atom is 0.273 e. The Morgan fingerprint density at radius 3 is 2.65 bits per heavy atom. The first-order valence-electron chi connectivity index (χ1n) is 7.71. The number of H-pyrrole nitrogens is 1. The van der Waals surface area contributed by atoms with Crippen LogP contribution in [0.15, 0.2) is 42.6 Å². The standard InChI is InChI=1S/C19H21N3O/c1-12-6-5-9-20-17(12)22-18(23)16-10-13-7-8-14(19(2,3)4)11-15(13)21-16/h5-11,21H,1-4H3,(H,20,22,23). The van der Waals surface area contributed by atoms with E-state index in [9.17, 15) is 4.79 Å². The van der Waals surface area contributed by atoms with Crippen molar-refractivity contribution in [2.75, 3.05) is 5.32 Å². The molecule has 0 unspecified atom stereocenters. The number of nitrogens with one attached hydrogen (secondary N) is 2. The molecule has 4 heteroatoms. The molecule has 0 fully saturated rings. The molecule has 0 aliphatic carbocycles. The summed E-state index contributed by atoms with van der Waals surface area (Å²) < 4.78 is 0. The van der Waals surface area contributed by atoms with Gasteiger partial charge in [-0.1, -0.05) is 39.0 Å². The Hall–Kier alpha value is -2.62. The highest BCUT2D eigenvalue weighted by Gasteiger charge is 2.16. The van der Waals surface area contributed by atoms with Crippen LogP contribution in [0.5, 0.6) is 0 Å². The van der Waals surface area contributed by atoms with E-state index < -0.39 is 0 Å². The lowest BCUT2D eigenvalue weighted by atomic mass is 9.87. The summed E-state index contributed by atoms with van der Waals surface area (Å²) in [6, 6.07) is 11.9. The first-order valence-corrected chi connectivity index (χ1v) is 7.71. The van der Waals surface area contributed by atoms with Crippen molar-refractivity contribution < 1.29 is 4.79 Å². The number of aryl methyl sites for hydroxylation is 1. The van der Waals surface area contributed by atoms with Crippen LogP contribution in [0.25, 0.3) is 10.9 Å². The minimum atomic E-state index is -0.180. The van der Waals surface area contributed by atoms with Crippen LogP contribution in [0.4, 0.5) is 5.82 Å². The van der Waals surface area contributed by atoms with Crippen LogP contribution in [0, 0.1) is 6.92 Å². The number of carbonyl (C=O) groups excluding carboxylic acids is 1. The highest BCUT2D eigenvalue weighted by Crippen LogP contribution is 2.26. The average molecular weight is 307 g/mol. The van der Waals surface area contributed by atoms with Gasteiger partial charge in [0.15, 0.2) is 0 Å². The van der Waals surface area contributed by atoms with Crippen molar-refractivity contribution in [3.63, 3.8) is 0 Å². The lowest BCUT2D eigenvalue weighted by molar-refractivity contribution is 0.102. The van der Waals surface area contributed by atoms with Gasteiger partial charge in [-0.25, -0.2) is 4.98 Å². The number of anilines is 1. The molecular weight excluding hydrogens is 286 g/mol. The predicted molar refractivity (Wildman–Crippen MR) is 93.9 cm³/mol. The molecule has 3 rings (SSSR count). The molecule has 0 aliphatic heterocycles. The van der Waals surface area contributed by atoms with E-state index in [1.54, 1.807) is 6.20 Å². The van der Waals surface area contributed by atoms with Crippen molar-refractivity contribution in [1.82, 2.24) is 9.97 Å². The number of fused-ring (bicyclic) bond motifs is 1. The topological polar surface area (TPSA) is 57.8 Å². The van der Waals surface area contributed by atoms with Crippen molar-refractivity contribution in [1.29, 1.82) is 0 Å². The minimum Gasteiger partial charge on any atom is -0.351 e. The number of carbonyl (C=O) groups is 1. The van der Waals surface area contributed by atoms with E-state index in [0.29, 0.717) is 11.5 Å². The summed E-state index contributed by atoms with van der Waals surface area (Å²) >= 11 is 0. The zero-order valence-corrected chi connectivity index (χ0v) is 13.9. The number of hydrogen-bond donors (Lipinski definition) is 2. The molecule has 3 aromatic rings. The normalized spacial score (nSPS) is 11.7. The van der Waals surface area contributed by atoms with Crippen molar-refractivity contribution >= 4 is 22.6 Å². The molecule has 23 heavy (non-hydrogen) atoms. The van der Waals surface area contributed by atoms with E-state index in [-0.39, 0.29) is 11.3 Å². The van der Waals surface area contributed by atoms with E-state index in [4.69, 9.17) is 0 Å². The molecule has 0 spiro atoms. The molecule has 1 amide bonds. The van der Waals surface area contributed by atoms with Gasteiger partial charge in [0.2, 0.25) is 0 Å². The molecule has 2 aromatic heterocycles. The van der Waals surface area contributed by atoms with Gasteiger partial charge in [-0.2, -0.15) is 0 Å². The molecule has 0 radical (unpaired) electrons. The summed E-state index contributed by atoms with van der Waals surface area (Å²) in [7, 11) is 0. The second kappa shape index (κ2) is 5.54. The molecule has 0 atom stereocenters. The van der Waals surface area contributed by atoms with Crippen molar-refractivity contribution in [2.45, 2.75) is 33.1 Å². The van der Waals surface area contributed by atoms with Gasteiger partial charge in [0.25, 0.3) is 5.91 Å². The fourth-order valence-corrected chi connectivity index (χ4v) is 2.51. The van der Waals surface area contributed by atoms with E-state index in [0.717, 1.165) is 16.5 Å². The van der Waals surface area contributed by atoms with E-state index in [1.807, 2.05) is 25.1 Å². The molecular formula is C19H21N3O. The van der Waals surface area contributed by atoms with Gasteiger partial charge < -0.3 is 10.3 Å². The Labute approximate surface area is 136 Å². The van der Waals surface area contributed by atoms with E-state index in [1.165, 1.54) is 5.56 Å². The third kappa shape index (κ3) is 3.11. The third-order valence-electron chi connectivity index (χ3n) is 3.97. The molecule has 1 aromatic carbocycles. The SMILES string of the molecule is Cc1cccnc1NC(=O)c1cc2ccc(C(C)(C)C)cc2[nH]1. The van der Waals surface area contributed by atoms with Gasteiger partial charge in [0.1, 0.15) is 11.5 Å². The average Bonchev–Trinajstić information content (AvgIpc) is 2.92. The maximum absolute atomic E-state index is 12.4. The number of hydrogen-bond acceptors (Lipinski definition) is 2. The zero-order valence-electron chi connectivity index (χ0n) is 13.9. The van der Waals surface area contributed by atoms with Crippen LogP contribution in [-0.4, -0.2) is 15.9 Å². The molecule has 2 heterocycles. The van der Waals surface area contributed by atoms with E-state index >= 15 is 0 Å². The number of pyridine rings is 1. The Morgan fingerprint density at radius 2 is 1.96 bits per heavy atom. The van der Waals surface area contributed by atoms with Gasteiger partial charge in [-0.15, -0.1) is 0 Å². The van der Waals surface area contributed by atoms with Gasteiger partial charge in [0, 0.05) is 17.1 Å². The zero-order chi connectivity index (χ0) is 16.6. The van der Waals surface area contributed by atoms with Crippen molar-refractivity contribution in [3.8, 4) is 0 Å². The number of aromatic nitrogens is 2. The minimum absolute atomic E-state index is 0.0762. The number of rotatable bonds is 2. The maximum atomic E-state index is 12.4. The molecule has 0 aliphatic rings. The number of aromatic amines is 1. The monoisotopic (exact) mass is 307 g/mol. The molecule has 0 saturated carbocycles. The molecule has 2 N–H and O–H groups in total. The first kappa shape index (κ1) is 15.3. The molecule has 0 bridgehead atoms. The van der Waals surface area contributed by atoms with Gasteiger partial charge in [-0.05, 0) is 41.7 Å². The third-order valence-corrected chi connectivity index (χ3v) is 3.97. The molecule has 118 valence electrons. The largest absolute Gasteiger partial charge is 0.351 e. The van der Waals surface area contributed by atoms with E-state index in [2.05, 4.69) is 54.3 Å². The van der Waals surface area contributed by atoms with Gasteiger partial charge in [-0.3, -0.25) is 4.79 Å². The summed E-state index contributed by atoms with van der Waals surface area (Å²) in [5.74, 6) is 0.409. The summed E-state index contributed by atoms with van der Waals surface area (Å²) in [5, 5.41) is 3.88. The van der Waals surface area contributed by atoms with Crippen LogP contribution in [-0.2, 0) is 5.41 Å². The Morgan fingerprint density at radius 1 is 1.17 bits per heavy atom. The number of amides is 1. The first-order chi connectivity index (χ1) is 10.8. The van der Waals surface area contributed by atoms with Gasteiger partial charge in [0.05, 0.1) is 0 Å². The molecule has 4 nitrogen and oxygen atoms in total. The highest BCUT2D eigenvalue weighted by atomic mass is 16.1.